The van der Waals surface area contributed by atoms with Crippen LogP contribution in [0.25, 0.3) is 0 Å². The zero-order valence-corrected chi connectivity index (χ0v) is 12.9. The maximum Gasteiger partial charge on any atom is 0.298 e. The molecule has 1 amide bonds. The monoisotopic (exact) mass is 284 g/mol. The molecule has 0 radical (unpaired) electrons. The molecule has 0 aromatic heterocycles. The van der Waals surface area contributed by atoms with Crippen LogP contribution in [0.3, 0.4) is 0 Å². The Balaban J connectivity index is 1.89. The Labute approximate surface area is 127 Å². The van der Waals surface area contributed by atoms with E-state index in [2.05, 4.69) is 31.0 Å². The lowest BCUT2D eigenvalue weighted by Gasteiger charge is -2.32. The Kier molecular flexibility index (Phi) is 5.83. The number of carbonyl (C=O) groups is 1. The van der Waals surface area contributed by atoms with Crippen molar-refractivity contribution in [3.05, 3.63) is 35.9 Å². The van der Waals surface area contributed by atoms with Crippen molar-refractivity contribution in [2.75, 3.05) is 19.6 Å². The van der Waals surface area contributed by atoms with Gasteiger partial charge in [-0.05, 0) is 37.4 Å². The molecule has 1 N–H and O–H groups in total. The van der Waals surface area contributed by atoms with Crippen molar-refractivity contribution in [1.82, 2.24) is 10.2 Å². The molecule has 21 heavy (non-hydrogen) atoms. The number of benzene rings is 1. The zero-order valence-electron chi connectivity index (χ0n) is 12.9. The maximum absolute atomic E-state index is 12.2. The highest BCUT2D eigenvalue weighted by atomic mass is 16.2. The van der Waals surface area contributed by atoms with Crippen LogP contribution in [0.2, 0.25) is 0 Å². The van der Waals surface area contributed by atoms with E-state index in [1.54, 1.807) is 0 Å². The first-order valence-corrected chi connectivity index (χ1v) is 7.74. The van der Waals surface area contributed by atoms with Crippen LogP contribution in [0, 0.1) is 17.8 Å². The number of rotatable bonds is 3. The van der Waals surface area contributed by atoms with E-state index >= 15 is 0 Å². The highest BCUT2D eigenvalue weighted by Gasteiger charge is 2.22. The summed E-state index contributed by atoms with van der Waals surface area (Å²) in [5, 5.41) is 3.46. The van der Waals surface area contributed by atoms with Gasteiger partial charge in [0.05, 0.1) is 0 Å². The topological polar surface area (TPSA) is 32.3 Å². The van der Waals surface area contributed by atoms with E-state index in [4.69, 9.17) is 0 Å². The molecule has 112 valence electrons. The molecule has 1 saturated heterocycles. The first kappa shape index (κ1) is 15.6. The third-order valence-electron chi connectivity index (χ3n) is 3.71. The van der Waals surface area contributed by atoms with Gasteiger partial charge in [0.25, 0.3) is 5.91 Å². The molecule has 3 heteroatoms. The van der Waals surface area contributed by atoms with Crippen LogP contribution in [-0.4, -0.2) is 36.5 Å². The maximum atomic E-state index is 12.2. The first-order valence-electron chi connectivity index (χ1n) is 7.74. The second-order valence-corrected chi connectivity index (χ2v) is 5.94. The Hall–Kier alpha value is -1.79. The van der Waals surface area contributed by atoms with Gasteiger partial charge in [-0.1, -0.05) is 38.0 Å². The van der Waals surface area contributed by atoms with Crippen LogP contribution in [0.1, 0.15) is 32.3 Å². The van der Waals surface area contributed by atoms with E-state index in [-0.39, 0.29) is 5.91 Å². The van der Waals surface area contributed by atoms with E-state index in [0.717, 1.165) is 31.6 Å². The smallest absolute Gasteiger partial charge is 0.298 e. The molecule has 1 aliphatic rings. The van der Waals surface area contributed by atoms with E-state index < -0.39 is 0 Å². The minimum atomic E-state index is -0.0481. The number of piperidine rings is 1. The predicted molar refractivity (Wildman–Crippen MR) is 85.8 cm³/mol. The van der Waals surface area contributed by atoms with Gasteiger partial charge in [0.2, 0.25) is 0 Å². The lowest BCUT2D eigenvalue weighted by molar-refractivity contribution is -0.126. The van der Waals surface area contributed by atoms with E-state index in [1.807, 2.05) is 35.2 Å². The Morgan fingerprint density at radius 1 is 1.38 bits per heavy atom. The van der Waals surface area contributed by atoms with Crippen molar-refractivity contribution in [1.29, 1.82) is 0 Å². The number of hydrogen-bond donors (Lipinski definition) is 1. The van der Waals surface area contributed by atoms with Gasteiger partial charge in [0.1, 0.15) is 0 Å². The lowest BCUT2D eigenvalue weighted by atomic mass is 9.97. The van der Waals surface area contributed by atoms with Crippen LogP contribution >= 0.6 is 0 Å². The van der Waals surface area contributed by atoms with E-state index in [1.165, 1.54) is 6.42 Å². The van der Waals surface area contributed by atoms with Crippen LogP contribution in [0.15, 0.2) is 30.3 Å². The van der Waals surface area contributed by atoms with Crippen molar-refractivity contribution >= 4 is 5.91 Å². The fourth-order valence-corrected chi connectivity index (χ4v) is 2.54. The number of amides is 1. The summed E-state index contributed by atoms with van der Waals surface area (Å²) < 4.78 is 0. The van der Waals surface area contributed by atoms with Crippen molar-refractivity contribution in [3.8, 4) is 11.8 Å². The van der Waals surface area contributed by atoms with Gasteiger partial charge in [-0.3, -0.25) is 4.79 Å². The molecule has 0 saturated carbocycles. The molecule has 1 atom stereocenters. The van der Waals surface area contributed by atoms with Gasteiger partial charge in [-0.25, -0.2) is 0 Å². The van der Waals surface area contributed by atoms with Gasteiger partial charge in [-0.15, -0.1) is 0 Å². The molecule has 1 aliphatic heterocycles. The van der Waals surface area contributed by atoms with Crippen LogP contribution < -0.4 is 5.32 Å². The van der Waals surface area contributed by atoms with Crippen molar-refractivity contribution in [2.24, 2.45) is 5.92 Å². The number of hydrogen-bond acceptors (Lipinski definition) is 2. The molecule has 1 fully saturated rings. The summed E-state index contributed by atoms with van der Waals surface area (Å²) in [6, 6.07) is 10.2. The number of carbonyl (C=O) groups excluding carboxylic acids is 1. The number of nitrogens with zero attached hydrogens (tertiary/aromatic N) is 1. The average Bonchev–Trinajstić information content (AvgIpc) is 2.52. The van der Waals surface area contributed by atoms with E-state index in [9.17, 15) is 4.79 Å². The van der Waals surface area contributed by atoms with Crippen LogP contribution in [0.5, 0.6) is 0 Å². The highest BCUT2D eigenvalue weighted by molar-refractivity contribution is 5.94. The van der Waals surface area contributed by atoms with Crippen molar-refractivity contribution in [2.45, 2.75) is 32.7 Å². The second kappa shape index (κ2) is 7.85. The molecule has 1 aromatic rings. The molecular weight excluding hydrogens is 260 g/mol. The van der Waals surface area contributed by atoms with Crippen LogP contribution in [-0.2, 0) is 4.79 Å². The standard InChI is InChI=1S/C18H24N2O/c1-15(2)19-13-17-9-6-12-20(14-17)18(21)11-10-16-7-4-3-5-8-16/h3-5,7-8,15,17,19H,6,9,12-14H2,1-2H3. The Morgan fingerprint density at radius 2 is 2.14 bits per heavy atom. The first-order chi connectivity index (χ1) is 10.1. The molecule has 1 unspecified atom stereocenters. The summed E-state index contributed by atoms with van der Waals surface area (Å²) >= 11 is 0. The minimum Gasteiger partial charge on any atom is -0.332 e. The number of likely N-dealkylation sites (tertiary alicyclic amines) is 1. The highest BCUT2D eigenvalue weighted by Crippen LogP contribution is 2.15. The molecule has 0 aliphatic carbocycles. The molecule has 1 aromatic carbocycles. The van der Waals surface area contributed by atoms with E-state index in [0.29, 0.717) is 12.0 Å². The minimum absolute atomic E-state index is 0.0481. The molecule has 2 rings (SSSR count). The zero-order chi connectivity index (χ0) is 15.1. The fourth-order valence-electron chi connectivity index (χ4n) is 2.54. The van der Waals surface area contributed by atoms with Gasteiger partial charge in [-0.2, -0.15) is 0 Å². The Morgan fingerprint density at radius 3 is 2.86 bits per heavy atom. The molecule has 1 heterocycles. The average molecular weight is 284 g/mol. The summed E-state index contributed by atoms with van der Waals surface area (Å²) in [5.41, 5.74) is 0.890. The summed E-state index contributed by atoms with van der Waals surface area (Å²) in [6.07, 6.45) is 2.26. The van der Waals surface area contributed by atoms with Gasteiger partial charge < -0.3 is 10.2 Å². The van der Waals surface area contributed by atoms with Gasteiger partial charge >= 0.3 is 0 Å². The van der Waals surface area contributed by atoms with Gasteiger partial charge in [0, 0.05) is 30.6 Å². The van der Waals surface area contributed by atoms with Crippen molar-refractivity contribution < 1.29 is 4.79 Å². The SMILES string of the molecule is CC(C)NCC1CCCN(C(=O)C#Cc2ccccc2)C1. The third-order valence-corrected chi connectivity index (χ3v) is 3.71. The molecular formula is C18H24N2O. The van der Waals surface area contributed by atoms with Gasteiger partial charge in [0.15, 0.2) is 0 Å². The predicted octanol–water partition coefficient (Wildman–Crippen LogP) is 2.27. The molecule has 0 bridgehead atoms. The molecule has 3 nitrogen and oxygen atoms in total. The van der Waals surface area contributed by atoms with Crippen molar-refractivity contribution in [3.63, 3.8) is 0 Å². The Bertz CT molecular complexity index is 513. The summed E-state index contributed by atoms with van der Waals surface area (Å²) in [5.74, 6) is 6.22. The third kappa shape index (κ3) is 5.24. The summed E-state index contributed by atoms with van der Waals surface area (Å²) in [7, 11) is 0. The largest absolute Gasteiger partial charge is 0.332 e. The second-order valence-electron chi connectivity index (χ2n) is 5.94. The lowest BCUT2D eigenvalue weighted by Crippen LogP contribution is -2.43. The number of nitrogens with one attached hydrogen (secondary N) is 1. The van der Waals surface area contributed by atoms with Crippen LogP contribution in [0.4, 0.5) is 0 Å². The summed E-state index contributed by atoms with van der Waals surface area (Å²) in [6.45, 7) is 6.93. The summed E-state index contributed by atoms with van der Waals surface area (Å²) in [4.78, 5) is 14.1. The normalized spacial score (nSPS) is 18.2. The molecule has 0 spiro atoms. The fraction of sp³-hybridized carbons (Fsp3) is 0.500. The quantitative estimate of drug-likeness (QED) is 0.864.